The molecule has 0 aromatic heterocycles. The largest absolute Gasteiger partial charge is 0.450 e. The van der Waals surface area contributed by atoms with E-state index in [0.29, 0.717) is 32.0 Å². The molecule has 2 fully saturated rings. The molecule has 1 aromatic rings. The Morgan fingerprint density at radius 2 is 2.12 bits per heavy atom. The van der Waals surface area contributed by atoms with E-state index >= 15 is 0 Å². The molecule has 1 amide bonds. The Hall–Kier alpha value is -1.99. The third kappa shape index (κ3) is 3.42. The van der Waals surface area contributed by atoms with E-state index in [1.807, 2.05) is 38.1 Å². The molecule has 1 aromatic carbocycles. The van der Waals surface area contributed by atoms with Crippen molar-refractivity contribution in [2.75, 3.05) is 19.7 Å². The second-order valence-corrected chi connectivity index (χ2v) is 6.90. The summed E-state index contributed by atoms with van der Waals surface area (Å²) in [6, 6.07) is 8.00. The molecular formula is C20H25NO3. The summed E-state index contributed by atoms with van der Waals surface area (Å²) in [6.45, 7) is 5.42. The van der Waals surface area contributed by atoms with Gasteiger partial charge < -0.3 is 14.7 Å². The third-order valence-electron chi connectivity index (χ3n) is 5.19. The van der Waals surface area contributed by atoms with Gasteiger partial charge >= 0.3 is 6.09 Å². The lowest BCUT2D eigenvalue weighted by Crippen LogP contribution is -2.44. The lowest BCUT2D eigenvalue weighted by Gasteiger charge is -2.37. The van der Waals surface area contributed by atoms with Gasteiger partial charge in [0.05, 0.1) is 6.61 Å². The van der Waals surface area contributed by atoms with Crippen molar-refractivity contribution >= 4 is 6.09 Å². The average molecular weight is 327 g/mol. The first-order valence-corrected chi connectivity index (χ1v) is 8.76. The summed E-state index contributed by atoms with van der Waals surface area (Å²) in [6.07, 6.45) is 2.37. The Labute approximate surface area is 143 Å². The summed E-state index contributed by atoms with van der Waals surface area (Å²) in [7, 11) is 0. The van der Waals surface area contributed by atoms with Crippen LogP contribution in [-0.2, 0) is 4.74 Å². The van der Waals surface area contributed by atoms with Gasteiger partial charge in [0.25, 0.3) is 0 Å². The van der Waals surface area contributed by atoms with Crippen LogP contribution in [0.2, 0.25) is 0 Å². The van der Waals surface area contributed by atoms with Crippen molar-refractivity contribution in [1.82, 2.24) is 4.90 Å². The molecule has 1 saturated heterocycles. The number of hydrogen-bond donors (Lipinski definition) is 1. The Bertz CT molecular complexity index is 658. The molecule has 1 aliphatic carbocycles. The van der Waals surface area contributed by atoms with Crippen LogP contribution in [0.15, 0.2) is 24.3 Å². The van der Waals surface area contributed by atoms with Crippen LogP contribution in [0, 0.1) is 30.6 Å². The van der Waals surface area contributed by atoms with E-state index in [1.165, 1.54) is 5.56 Å². The van der Waals surface area contributed by atoms with E-state index in [2.05, 4.69) is 11.8 Å². The average Bonchev–Trinajstić information content (AvgIpc) is 3.01. The highest BCUT2D eigenvalue weighted by Crippen LogP contribution is 2.42. The minimum absolute atomic E-state index is 0.00797. The maximum atomic E-state index is 12.0. The monoisotopic (exact) mass is 327 g/mol. The molecular weight excluding hydrogens is 302 g/mol. The van der Waals surface area contributed by atoms with E-state index in [1.54, 1.807) is 4.90 Å². The topological polar surface area (TPSA) is 49.8 Å². The van der Waals surface area contributed by atoms with Crippen molar-refractivity contribution in [3.05, 3.63) is 35.4 Å². The number of likely N-dealkylation sites (tertiary alicyclic amines) is 1. The zero-order valence-corrected chi connectivity index (χ0v) is 14.4. The highest BCUT2D eigenvalue weighted by Gasteiger charge is 2.49. The fourth-order valence-electron chi connectivity index (χ4n) is 3.86. The van der Waals surface area contributed by atoms with Crippen molar-refractivity contribution in [3.8, 4) is 11.8 Å². The molecule has 0 bridgehead atoms. The first-order chi connectivity index (χ1) is 11.5. The Kier molecular flexibility index (Phi) is 4.82. The molecule has 0 spiro atoms. The van der Waals surface area contributed by atoms with E-state index in [9.17, 15) is 9.90 Å². The fourth-order valence-corrected chi connectivity index (χ4v) is 3.86. The predicted octanol–water partition coefficient (Wildman–Crippen LogP) is 2.97. The number of nitrogens with zero attached hydrogens (tertiary/aromatic N) is 1. The third-order valence-corrected chi connectivity index (χ3v) is 5.19. The molecule has 128 valence electrons. The number of ether oxygens (including phenoxy) is 1. The zero-order valence-electron chi connectivity index (χ0n) is 14.4. The van der Waals surface area contributed by atoms with Gasteiger partial charge in [-0.2, -0.15) is 0 Å². The van der Waals surface area contributed by atoms with Crippen molar-refractivity contribution in [2.24, 2.45) is 11.8 Å². The maximum Gasteiger partial charge on any atom is 0.409 e. The Morgan fingerprint density at radius 3 is 2.83 bits per heavy atom. The SMILES string of the molecule is CCOC(=O)N1CC2CCCC(O)(C#Cc3ccc(C)cc3)C2C1. The molecule has 24 heavy (non-hydrogen) atoms. The second-order valence-electron chi connectivity index (χ2n) is 6.90. The van der Waals surface area contributed by atoms with Crippen LogP contribution in [0.3, 0.4) is 0 Å². The van der Waals surface area contributed by atoms with Crippen LogP contribution >= 0.6 is 0 Å². The molecule has 3 rings (SSSR count). The van der Waals surface area contributed by atoms with E-state index < -0.39 is 5.60 Å². The predicted molar refractivity (Wildman–Crippen MR) is 92.4 cm³/mol. The number of aliphatic hydroxyl groups is 1. The highest BCUT2D eigenvalue weighted by atomic mass is 16.6. The number of rotatable bonds is 1. The van der Waals surface area contributed by atoms with Crippen molar-refractivity contribution in [3.63, 3.8) is 0 Å². The summed E-state index contributed by atoms with van der Waals surface area (Å²) in [4.78, 5) is 13.7. The quantitative estimate of drug-likeness (QED) is 0.807. The van der Waals surface area contributed by atoms with Crippen molar-refractivity contribution in [2.45, 2.75) is 38.7 Å². The summed E-state index contributed by atoms with van der Waals surface area (Å²) in [5, 5.41) is 11.1. The van der Waals surface area contributed by atoms with Crippen molar-refractivity contribution in [1.29, 1.82) is 0 Å². The standard InChI is InChI=1S/C20H25NO3/c1-3-24-19(22)21-13-17-5-4-11-20(23,18(17)14-21)12-10-16-8-6-15(2)7-9-16/h6-9,17-18,23H,3-5,11,13-14H2,1-2H3. The van der Waals surface area contributed by atoms with Gasteiger partial charge in [-0.1, -0.05) is 29.5 Å². The molecule has 1 saturated carbocycles. The van der Waals surface area contributed by atoms with Gasteiger partial charge in [0.1, 0.15) is 5.60 Å². The number of carbonyl (C=O) groups excluding carboxylic acids is 1. The number of benzene rings is 1. The van der Waals surface area contributed by atoms with Gasteiger partial charge in [-0.25, -0.2) is 4.79 Å². The first-order valence-electron chi connectivity index (χ1n) is 8.76. The maximum absolute atomic E-state index is 12.0. The van der Waals surface area contributed by atoms with E-state index in [0.717, 1.165) is 18.4 Å². The smallest absolute Gasteiger partial charge is 0.409 e. The van der Waals surface area contributed by atoms with Crippen LogP contribution < -0.4 is 0 Å². The second kappa shape index (κ2) is 6.86. The zero-order chi connectivity index (χ0) is 17.2. The summed E-state index contributed by atoms with van der Waals surface area (Å²) in [5.41, 5.74) is 1.09. The lowest BCUT2D eigenvalue weighted by atomic mass is 9.71. The molecule has 0 radical (unpaired) electrons. The van der Waals surface area contributed by atoms with Gasteiger partial charge in [0.15, 0.2) is 0 Å². The van der Waals surface area contributed by atoms with Crippen LogP contribution in [0.4, 0.5) is 4.79 Å². The molecule has 4 heteroatoms. The minimum atomic E-state index is -1.02. The van der Waals surface area contributed by atoms with Gasteiger partial charge in [-0.15, -0.1) is 0 Å². The molecule has 1 aliphatic heterocycles. The van der Waals surface area contributed by atoms with Crippen molar-refractivity contribution < 1.29 is 14.6 Å². The van der Waals surface area contributed by atoms with Crippen LogP contribution in [0.1, 0.15) is 37.3 Å². The highest BCUT2D eigenvalue weighted by molar-refractivity contribution is 5.68. The normalized spacial score (nSPS) is 28.7. The number of fused-ring (bicyclic) bond motifs is 1. The summed E-state index contributed by atoms with van der Waals surface area (Å²) in [5.74, 6) is 6.57. The number of hydrogen-bond acceptors (Lipinski definition) is 3. The lowest BCUT2D eigenvalue weighted by molar-refractivity contribution is -0.00794. The summed E-state index contributed by atoms with van der Waals surface area (Å²) >= 11 is 0. The number of aryl methyl sites for hydroxylation is 1. The van der Waals surface area contributed by atoms with Gasteiger partial charge in [-0.3, -0.25) is 0 Å². The van der Waals surface area contributed by atoms with E-state index in [4.69, 9.17) is 4.74 Å². The molecule has 2 aliphatic rings. The summed E-state index contributed by atoms with van der Waals surface area (Å²) < 4.78 is 5.11. The fraction of sp³-hybridized carbons (Fsp3) is 0.550. The molecule has 4 nitrogen and oxygen atoms in total. The Morgan fingerprint density at radius 1 is 1.38 bits per heavy atom. The molecule has 1 N–H and O–H groups in total. The molecule has 1 heterocycles. The number of carbonyl (C=O) groups is 1. The van der Waals surface area contributed by atoms with E-state index in [-0.39, 0.29) is 12.0 Å². The first kappa shape index (κ1) is 16.9. The molecule has 3 unspecified atom stereocenters. The van der Waals surface area contributed by atoms with Gasteiger partial charge in [0, 0.05) is 24.6 Å². The van der Waals surface area contributed by atoms with Crippen LogP contribution in [0.25, 0.3) is 0 Å². The number of amides is 1. The van der Waals surface area contributed by atoms with Crippen LogP contribution in [-0.4, -0.2) is 41.4 Å². The van der Waals surface area contributed by atoms with Crippen LogP contribution in [0.5, 0.6) is 0 Å². The van der Waals surface area contributed by atoms with Gasteiger partial charge in [0.2, 0.25) is 0 Å². The molecule has 3 atom stereocenters. The Balaban J connectivity index is 1.77. The minimum Gasteiger partial charge on any atom is -0.450 e. The van der Waals surface area contributed by atoms with Gasteiger partial charge in [-0.05, 0) is 51.2 Å².